The number of methoxy groups -OCH3 is 2. The summed E-state index contributed by atoms with van der Waals surface area (Å²) in [6.07, 6.45) is 7.00. The van der Waals surface area contributed by atoms with Gasteiger partial charge in [-0.3, -0.25) is 4.99 Å². The number of halogens is 1. The van der Waals surface area contributed by atoms with Gasteiger partial charge in [0.2, 0.25) is 0 Å². The van der Waals surface area contributed by atoms with Crippen molar-refractivity contribution in [2.75, 3.05) is 33.9 Å². The number of rotatable bonds is 6. The van der Waals surface area contributed by atoms with Crippen molar-refractivity contribution >= 4 is 29.9 Å². The maximum atomic E-state index is 6.12. The average molecular weight is 447 g/mol. The third-order valence-electron chi connectivity index (χ3n) is 4.28. The van der Waals surface area contributed by atoms with Crippen LogP contribution in [0.3, 0.4) is 0 Å². The number of ether oxygens (including phenoxy) is 2. The van der Waals surface area contributed by atoms with Gasteiger partial charge in [-0.2, -0.15) is 0 Å². The number of aliphatic imine (C=N–C) groups is 1. The number of aryl methyl sites for hydroxylation is 1. The van der Waals surface area contributed by atoms with Crippen LogP contribution in [0.2, 0.25) is 0 Å². The molecule has 0 radical (unpaired) electrons. The third kappa shape index (κ3) is 6.37. The molecule has 0 spiro atoms. The largest absolute Gasteiger partial charge is 0.493 e. The van der Waals surface area contributed by atoms with Gasteiger partial charge in [-0.25, -0.2) is 0 Å². The fourth-order valence-electron chi connectivity index (χ4n) is 2.91. The van der Waals surface area contributed by atoms with Crippen molar-refractivity contribution < 1.29 is 9.47 Å². The van der Waals surface area contributed by atoms with E-state index >= 15 is 0 Å². The lowest BCUT2D eigenvalue weighted by Gasteiger charge is -2.21. The molecule has 1 aromatic rings. The molecular formula is C18H30IN3O2. The van der Waals surface area contributed by atoms with Gasteiger partial charge < -0.3 is 20.1 Å². The molecule has 6 heteroatoms. The zero-order valence-corrected chi connectivity index (χ0v) is 17.1. The molecular weight excluding hydrogens is 417 g/mol. The highest BCUT2D eigenvalue weighted by Gasteiger charge is 2.10. The molecule has 1 aliphatic rings. The highest BCUT2D eigenvalue weighted by Crippen LogP contribution is 2.27. The van der Waals surface area contributed by atoms with Crippen molar-refractivity contribution in [2.24, 2.45) is 10.7 Å². The van der Waals surface area contributed by atoms with Crippen LogP contribution in [0.5, 0.6) is 11.5 Å². The lowest BCUT2D eigenvalue weighted by atomic mass is 10.1. The number of guanidine groups is 1. The summed E-state index contributed by atoms with van der Waals surface area (Å²) in [5.74, 6) is 2.25. The molecule has 0 bridgehead atoms. The Kier molecular flexibility index (Phi) is 9.90. The Morgan fingerprint density at radius 3 is 2.38 bits per heavy atom. The van der Waals surface area contributed by atoms with E-state index in [-0.39, 0.29) is 24.0 Å². The number of likely N-dealkylation sites (tertiary alicyclic amines) is 1. The molecule has 1 aliphatic heterocycles. The van der Waals surface area contributed by atoms with Gasteiger partial charge in [0.05, 0.1) is 14.2 Å². The maximum Gasteiger partial charge on any atom is 0.191 e. The molecule has 2 N–H and O–H groups in total. The van der Waals surface area contributed by atoms with Crippen molar-refractivity contribution in [2.45, 2.75) is 38.5 Å². The zero-order chi connectivity index (χ0) is 16.5. The minimum Gasteiger partial charge on any atom is -0.493 e. The predicted octanol–water partition coefficient (Wildman–Crippen LogP) is 3.45. The van der Waals surface area contributed by atoms with Gasteiger partial charge in [0.25, 0.3) is 0 Å². The van der Waals surface area contributed by atoms with Gasteiger partial charge in [-0.1, -0.05) is 18.9 Å². The monoisotopic (exact) mass is 447 g/mol. The number of benzene rings is 1. The quantitative estimate of drug-likeness (QED) is 0.314. The lowest BCUT2D eigenvalue weighted by molar-refractivity contribution is 0.354. The molecule has 0 aliphatic carbocycles. The van der Waals surface area contributed by atoms with Crippen LogP contribution in [0.4, 0.5) is 0 Å². The normalized spacial score (nSPS) is 15.4. The SMILES string of the molecule is COc1ccc(CCCN=C(N)N2CCCCCC2)cc1OC.I. The first-order chi connectivity index (χ1) is 11.2. The summed E-state index contributed by atoms with van der Waals surface area (Å²) in [5.41, 5.74) is 7.35. The molecule has 0 unspecified atom stereocenters. The van der Waals surface area contributed by atoms with Gasteiger partial charge in [0.15, 0.2) is 17.5 Å². The number of hydrogen-bond donors (Lipinski definition) is 1. The lowest BCUT2D eigenvalue weighted by Crippen LogP contribution is -2.38. The van der Waals surface area contributed by atoms with E-state index in [9.17, 15) is 0 Å². The van der Waals surface area contributed by atoms with Crippen molar-refractivity contribution in [3.05, 3.63) is 23.8 Å². The molecule has 24 heavy (non-hydrogen) atoms. The van der Waals surface area contributed by atoms with Gasteiger partial charge in [-0.15, -0.1) is 24.0 Å². The molecule has 2 rings (SSSR count). The summed E-state index contributed by atoms with van der Waals surface area (Å²) in [6, 6.07) is 6.05. The average Bonchev–Trinajstić information content (AvgIpc) is 2.87. The Balaban J connectivity index is 0.00000288. The molecule has 1 aromatic carbocycles. The Labute approximate surface area is 162 Å². The molecule has 1 fully saturated rings. The van der Waals surface area contributed by atoms with E-state index in [2.05, 4.69) is 16.0 Å². The highest BCUT2D eigenvalue weighted by molar-refractivity contribution is 14.0. The molecule has 0 atom stereocenters. The summed E-state index contributed by atoms with van der Waals surface area (Å²) < 4.78 is 10.6. The van der Waals surface area contributed by atoms with Crippen LogP contribution in [0.1, 0.15) is 37.7 Å². The fourth-order valence-corrected chi connectivity index (χ4v) is 2.91. The first kappa shape index (κ1) is 20.9. The van der Waals surface area contributed by atoms with Crippen LogP contribution in [0.25, 0.3) is 0 Å². The summed E-state index contributed by atoms with van der Waals surface area (Å²) in [5, 5.41) is 0. The molecule has 0 saturated carbocycles. The van der Waals surface area contributed by atoms with Crippen molar-refractivity contribution in [1.29, 1.82) is 0 Å². The van der Waals surface area contributed by atoms with E-state index in [0.29, 0.717) is 5.96 Å². The molecule has 1 heterocycles. The number of nitrogens with two attached hydrogens (primary N) is 1. The molecule has 0 amide bonds. The van der Waals surface area contributed by atoms with Crippen LogP contribution in [-0.4, -0.2) is 44.7 Å². The third-order valence-corrected chi connectivity index (χ3v) is 4.28. The second kappa shape index (κ2) is 11.4. The number of hydrogen-bond acceptors (Lipinski definition) is 3. The van der Waals surface area contributed by atoms with Crippen LogP contribution in [-0.2, 0) is 6.42 Å². The highest BCUT2D eigenvalue weighted by atomic mass is 127. The predicted molar refractivity (Wildman–Crippen MR) is 110 cm³/mol. The van der Waals surface area contributed by atoms with Crippen molar-refractivity contribution in [3.63, 3.8) is 0 Å². The minimum absolute atomic E-state index is 0. The topological polar surface area (TPSA) is 60.1 Å². The second-order valence-corrected chi connectivity index (χ2v) is 5.93. The van der Waals surface area contributed by atoms with Gasteiger partial charge in [0, 0.05) is 19.6 Å². The molecule has 5 nitrogen and oxygen atoms in total. The molecule has 136 valence electrons. The first-order valence-electron chi connectivity index (χ1n) is 8.50. The summed E-state index contributed by atoms with van der Waals surface area (Å²) in [7, 11) is 3.31. The van der Waals surface area contributed by atoms with Crippen LogP contribution < -0.4 is 15.2 Å². The standard InChI is InChI=1S/C18H29N3O2.HI/c1-22-16-10-9-15(14-17(16)23-2)8-7-11-20-18(19)21-12-5-3-4-6-13-21;/h9-10,14H,3-8,11-13H2,1-2H3,(H2,19,20);1H. The van der Waals surface area contributed by atoms with Crippen molar-refractivity contribution in [1.82, 2.24) is 4.90 Å². The Hall–Kier alpha value is -1.18. The fraction of sp³-hybridized carbons (Fsp3) is 0.611. The van der Waals surface area contributed by atoms with Crippen LogP contribution in [0.15, 0.2) is 23.2 Å². The van der Waals surface area contributed by atoms with E-state index < -0.39 is 0 Å². The zero-order valence-electron chi connectivity index (χ0n) is 14.8. The van der Waals surface area contributed by atoms with Crippen LogP contribution in [0, 0.1) is 0 Å². The van der Waals surface area contributed by atoms with Gasteiger partial charge in [0.1, 0.15) is 0 Å². The minimum atomic E-state index is 0. The maximum absolute atomic E-state index is 6.12. The smallest absolute Gasteiger partial charge is 0.191 e. The molecule has 0 aromatic heterocycles. The second-order valence-electron chi connectivity index (χ2n) is 5.93. The summed E-state index contributed by atoms with van der Waals surface area (Å²) in [6.45, 7) is 2.85. The summed E-state index contributed by atoms with van der Waals surface area (Å²) >= 11 is 0. The van der Waals surface area contributed by atoms with E-state index in [0.717, 1.165) is 44.0 Å². The Morgan fingerprint density at radius 1 is 1.08 bits per heavy atom. The van der Waals surface area contributed by atoms with E-state index in [1.54, 1.807) is 14.2 Å². The summed E-state index contributed by atoms with van der Waals surface area (Å²) in [4.78, 5) is 6.77. The van der Waals surface area contributed by atoms with Crippen molar-refractivity contribution in [3.8, 4) is 11.5 Å². The van der Waals surface area contributed by atoms with Gasteiger partial charge in [-0.05, 0) is 43.4 Å². The Morgan fingerprint density at radius 2 is 1.75 bits per heavy atom. The molecule has 1 saturated heterocycles. The van der Waals surface area contributed by atoms with Gasteiger partial charge >= 0.3 is 0 Å². The van der Waals surface area contributed by atoms with E-state index in [4.69, 9.17) is 15.2 Å². The first-order valence-corrected chi connectivity index (χ1v) is 8.50. The van der Waals surface area contributed by atoms with E-state index in [1.807, 2.05) is 12.1 Å². The van der Waals surface area contributed by atoms with Crippen LogP contribution >= 0.6 is 24.0 Å². The van der Waals surface area contributed by atoms with E-state index in [1.165, 1.54) is 31.2 Å². The number of nitrogens with zero attached hydrogens (tertiary/aromatic N) is 2. The Bertz CT molecular complexity index is 515.